The van der Waals surface area contributed by atoms with E-state index in [1.54, 1.807) is 0 Å². The third kappa shape index (κ3) is 4.23. The largest absolute Gasteiger partial charge is 0.318 e. The van der Waals surface area contributed by atoms with Gasteiger partial charge in [0.05, 0.1) is 0 Å². The Hall–Kier alpha value is -0.120. The molecule has 3 heteroatoms. The number of rotatable bonds is 5. The highest BCUT2D eigenvalue weighted by atomic mass is 15.3. The summed E-state index contributed by atoms with van der Waals surface area (Å²) >= 11 is 0. The molecule has 1 rings (SSSR count). The lowest BCUT2D eigenvalue weighted by Gasteiger charge is -2.39. The van der Waals surface area contributed by atoms with Crippen molar-refractivity contribution in [2.24, 2.45) is 5.92 Å². The first-order chi connectivity index (χ1) is 8.10. The van der Waals surface area contributed by atoms with Crippen molar-refractivity contribution in [3.63, 3.8) is 0 Å². The fourth-order valence-electron chi connectivity index (χ4n) is 3.01. The SMILES string of the molecule is CCC1CN(C)CCCN1C(CNC)C(C)C. The Morgan fingerprint density at radius 1 is 1.29 bits per heavy atom. The minimum absolute atomic E-state index is 0.677. The summed E-state index contributed by atoms with van der Waals surface area (Å²) in [5.41, 5.74) is 0. The summed E-state index contributed by atoms with van der Waals surface area (Å²) in [4.78, 5) is 5.25. The molecule has 102 valence electrons. The van der Waals surface area contributed by atoms with Crippen molar-refractivity contribution >= 4 is 0 Å². The highest BCUT2D eigenvalue weighted by molar-refractivity contribution is 4.85. The molecule has 2 atom stereocenters. The highest BCUT2D eigenvalue weighted by Gasteiger charge is 2.29. The van der Waals surface area contributed by atoms with Crippen molar-refractivity contribution in [1.82, 2.24) is 15.1 Å². The van der Waals surface area contributed by atoms with Crippen LogP contribution in [0.3, 0.4) is 0 Å². The van der Waals surface area contributed by atoms with E-state index >= 15 is 0 Å². The maximum Gasteiger partial charge on any atom is 0.0246 e. The predicted octanol–water partition coefficient (Wildman–Crippen LogP) is 1.65. The van der Waals surface area contributed by atoms with E-state index in [1.807, 2.05) is 0 Å². The van der Waals surface area contributed by atoms with Crippen LogP contribution in [0.2, 0.25) is 0 Å². The number of likely N-dealkylation sites (N-methyl/N-ethyl adjacent to an activating group) is 2. The van der Waals surface area contributed by atoms with Gasteiger partial charge >= 0.3 is 0 Å². The van der Waals surface area contributed by atoms with Crippen LogP contribution in [0.15, 0.2) is 0 Å². The Morgan fingerprint density at radius 2 is 2.00 bits per heavy atom. The van der Waals surface area contributed by atoms with Crippen LogP contribution in [0, 0.1) is 5.92 Å². The van der Waals surface area contributed by atoms with E-state index in [4.69, 9.17) is 0 Å². The highest BCUT2D eigenvalue weighted by Crippen LogP contribution is 2.19. The van der Waals surface area contributed by atoms with Gasteiger partial charge in [-0.3, -0.25) is 4.90 Å². The van der Waals surface area contributed by atoms with Gasteiger partial charge in [0.1, 0.15) is 0 Å². The van der Waals surface area contributed by atoms with Crippen molar-refractivity contribution in [2.45, 2.75) is 45.7 Å². The smallest absolute Gasteiger partial charge is 0.0246 e. The average Bonchev–Trinajstić information content (AvgIpc) is 2.47. The molecule has 1 fully saturated rings. The summed E-state index contributed by atoms with van der Waals surface area (Å²) in [6.45, 7) is 11.9. The lowest BCUT2D eigenvalue weighted by molar-refractivity contribution is 0.0982. The molecule has 2 unspecified atom stereocenters. The lowest BCUT2D eigenvalue weighted by atomic mass is 9.99. The normalized spacial score (nSPS) is 26.1. The van der Waals surface area contributed by atoms with Crippen LogP contribution >= 0.6 is 0 Å². The van der Waals surface area contributed by atoms with E-state index in [2.05, 4.69) is 50.0 Å². The fourth-order valence-corrected chi connectivity index (χ4v) is 3.01. The van der Waals surface area contributed by atoms with Gasteiger partial charge in [-0.05, 0) is 39.4 Å². The Labute approximate surface area is 108 Å². The van der Waals surface area contributed by atoms with Crippen LogP contribution in [-0.4, -0.2) is 62.2 Å². The Balaban J connectivity index is 2.74. The van der Waals surface area contributed by atoms with Crippen LogP contribution in [0.25, 0.3) is 0 Å². The molecule has 1 N–H and O–H groups in total. The molecule has 0 aromatic rings. The lowest BCUT2D eigenvalue weighted by Crippen LogP contribution is -2.51. The van der Waals surface area contributed by atoms with Gasteiger partial charge in [0.15, 0.2) is 0 Å². The monoisotopic (exact) mass is 241 g/mol. The van der Waals surface area contributed by atoms with Crippen LogP contribution < -0.4 is 5.32 Å². The van der Waals surface area contributed by atoms with Crippen molar-refractivity contribution in [3.05, 3.63) is 0 Å². The second kappa shape index (κ2) is 7.34. The fraction of sp³-hybridized carbons (Fsp3) is 1.00. The first-order valence-electron chi connectivity index (χ1n) is 7.19. The first kappa shape index (κ1) is 14.9. The zero-order chi connectivity index (χ0) is 12.8. The summed E-state index contributed by atoms with van der Waals surface area (Å²) < 4.78 is 0. The number of nitrogens with zero attached hydrogens (tertiary/aromatic N) is 2. The molecule has 0 saturated carbocycles. The molecule has 0 spiro atoms. The van der Waals surface area contributed by atoms with Crippen LogP contribution in [0.5, 0.6) is 0 Å². The maximum atomic E-state index is 3.37. The Bertz CT molecular complexity index is 206. The number of hydrogen-bond acceptors (Lipinski definition) is 3. The first-order valence-corrected chi connectivity index (χ1v) is 7.19. The van der Waals surface area contributed by atoms with Crippen LogP contribution in [-0.2, 0) is 0 Å². The van der Waals surface area contributed by atoms with Gasteiger partial charge in [-0.15, -0.1) is 0 Å². The molecule has 1 saturated heterocycles. The molecule has 3 nitrogen and oxygen atoms in total. The van der Waals surface area contributed by atoms with E-state index in [-0.39, 0.29) is 0 Å². The molecule has 1 aliphatic rings. The summed E-state index contributed by atoms with van der Waals surface area (Å²) in [5.74, 6) is 0.722. The summed E-state index contributed by atoms with van der Waals surface area (Å²) in [5, 5.41) is 3.37. The molecule has 0 aromatic heterocycles. The van der Waals surface area contributed by atoms with Crippen molar-refractivity contribution < 1.29 is 0 Å². The number of nitrogens with one attached hydrogen (secondary N) is 1. The minimum Gasteiger partial charge on any atom is -0.318 e. The van der Waals surface area contributed by atoms with Gasteiger partial charge in [0.25, 0.3) is 0 Å². The quantitative estimate of drug-likeness (QED) is 0.789. The maximum absolute atomic E-state index is 3.37. The van der Waals surface area contributed by atoms with Gasteiger partial charge in [-0.1, -0.05) is 20.8 Å². The zero-order valence-electron chi connectivity index (χ0n) is 12.4. The molecule has 1 aliphatic heterocycles. The molecule has 17 heavy (non-hydrogen) atoms. The topological polar surface area (TPSA) is 18.5 Å². The van der Waals surface area contributed by atoms with E-state index in [9.17, 15) is 0 Å². The molecule has 0 bridgehead atoms. The molecular formula is C14H31N3. The number of hydrogen-bond donors (Lipinski definition) is 1. The second-order valence-electron chi connectivity index (χ2n) is 5.78. The molecule has 1 heterocycles. The summed E-state index contributed by atoms with van der Waals surface area (Å²) in [6, 6.07) is 1.40. The minimum atomic E-state index is 0.677. The van der Waals surface area contributed by atoms with Gasteiger partial charge in [-0.2, -0.15) is 0 Å². The Morgan fingerprint density at radius 3 is 2.53 bits per heavy atom. The van der Waals surface area contributed by atoms with Crippen LogP contribution in [0.4, 0.5) is 0 Å². The van der Waals surface area contributed by atoms with E-state index < -0.39 is 0 Å². The van der Waals surface area contributed by atoms with Crippen molar-refractivity contribution in [1.29, 1.82) is 0 Å². The van der Waals surface area contributed by atoms with Gasteiger partial charge in [-0.25, -0.2) is 0 Å². The third-order valence-corrected chi connectivity index (χ3v) is 4.03. The summed E-state index contributed by atoms with van der Waals surface area (Å²) in [7, 11) is 4.33. The van der Waals surface area contributed by atoms with Crippen LogP contribution in [0.1, 0.15) is 33.6 Å². The molecule has 0 aromatic carbocycles. The molecular weight excluding hydrogens is 210 g/mol. The average molecular weight is 241 g/mol. The van der Waals surface area contributed by atoms with Gasteiger partial charge in [0, 0.05) is 31.7 Å². The zero-order valence-corrected chi connectivity index (χ0v) is 12.4. The second-order valence-corrected chi connectivity index (χ2v) is 5.78. The molecule has 0 radical (unpaired) electrons. The Kier molecular flexibility index (Phi) is 6.45. The molecule has 0 amide bonds. The van der Waals surface area contributed by atoms with E-state index in [0.717, 1.165) is 18.5 Å². The van der Waals surface area contributed by atoms with Gasteiger partial charge in [0.2, 0.25) is 0 Å². The van der Waals surface area contributed by atoms with Gasteiger partial charge < -0.3 is 10.2 Å². The molecule has 0 aliphatic carbocycles. The standard InChI is InChI=1S/C14H31N3/c1-6-13-11-16(5)8-7-9-17(13)14(10-15-4)12(2)3/h12-15H,6-11H2,1-5H3. The third-order valence-electron chi connectivity index (χ3n) is 4.03. The predicted molar refractivity (Wildman–Crippen MR) is 75.5 cm³/mol. The summed E-state index contributed by atoms with van der Waals surface area (Å²) in [6.07, 6.45) is 2.57. The van der Waals surface area contributed by atoms with Crippen molar-refractivity contribution in [3.8, 4) is 0 Å². The van der Waals surface area contributed by atoms with Crippen molar-refractivity contribution in [2.75, 3.05) is 40.3 Å². The van der Waals surface area contributed by atoms with E-state index in [0.29, 0.717) is 6.04 Å². The van der Waals surface area contributed by atoms with E-state index in [1.165, 1.54) is 32.5 Å².